The molecule has 5 nitrogen and oxygen atoms in total. The lowest BCUT2D eigenvalue weighted by molar-refractivity contribution is -0.123. The van der Waals surface area contributed by atoms with E-state index in [-0.39, 0.29) is 23.0 Å². The Kier molecular flexibility index (Phi) is 4.84. The number of carbonyl (C=O) groups is 1. The van der Waals surface area contributed by atoms with Crippen molar-refractivity contribution in [3.8, 4) is 5.75 Å². The van der Waals surface area contributed by atoms with E-state index in [9.17, 15) is 14.7 Å². The van der Waals surface area contributed by atoms with E-state index in [4.69, 9.17) is 4.42 Å². The number of hydrogen-bond acceptors (Lipinski definition) is 4. The standard InChI is InChI=1S/C29H23NO4/c31-19-12-13-22-25(16-19)34-28-24(27(22)32)17-23(29(33)30-14-6-7-15-30)20-10-4-5-11-21(20)26(28)18-8-2-1-3-9-18/h1-5,8-13,16-17,26,31H,6-7,14-15H2. The van der Waals surface area contributed by atoms with Gasteiger partial charge in [-0.05, 0) is 47.7 Å². The maximum absolute atomic E-state index is 13.7. The van der Waals surface area contributed by atoms with Crippen molar-refractivity contribution in [1.82, 2.24) is 4.90 Å². The van der Waals surface area contributed by atoms with Crippen molar-refractivity contribution in [2.45, 2.75) is 18.8 Å². The van der Waals surface area contributed by atoms with Gasteiger partial charge in [0.05, 0.1) is 16.9 Å². The first-order chi connectivity index (χ1) is 16.6. The van der Waals surface area contributed by atoms with Crippen LogP contribution in [-0.2, 0) is 4.79 Å². The first-order valence-electron chi connectivity index (χ1n) is 11.6. The first kappa shape index (κ1) is 20.5. The van der Waals surface area contributed by atoms with Gasteiger partial charge in [-0.1, -0.05) is 54.6 Å². The second-order valence-corrected chi connectivity index (χ2v) is 8.88. The molecule has 0 saturated carbocycles. The number of amides is 1. The van der Waals surface area contributed by atoms with Gasteiger partial charge >= 0.3 is 0 Å². The van der Waals surface area contributed by atoms with Gasteiger partial charge in [0.25, 0.3) is 5.91 Å². The van der Waals surface area contributed by atoms with E-state index in [0.29, 0.717) is 27.9 Å². The predicted molar refractivity (Wildman–Crippen MR) is 132 cm³/mol. The highest BCUT2D eigenvalue weighted by Gasteiger charge is 2.33. The van der Waals surface area contributed by atoms with Crippen molar-refractivity contribution in [1.29, 1.82) is 0 Å². The summed E-state index contributed by atoms with van der Waals surface area (Å²) in [6.07, 6.45) is 3.69. The second-order valence-electron chi connectivity index (χ2n) is 8.88. The van der Waals surface area contributed by atoms with E-state index in [1.165, 1.54) is 12.1 Å². The molecule has 0 radical (unpaired) electrons. The lowest BCUT2D eigenvalue weighted by Crippen LogP contribution is -2.28. The lowest BCUT2D eigenvalue weighted by Gasteiger charge is -2.22. The summed E-state index contributed by atoms with van der Waals surface area (Å²) in [5.41, 5.74) is 3.69. The van der Waals surface area contributed by atoms with E-state index in [1.807, 2.05) is 59.5 Å². The molecule has 1 N–H and O–H groups in total. The molecule has 1 atom stereocenters. The number of phenols is 1. The van der Waals surface area contributed by atoms with Crippen molar-refractivity contribution in [3.63, 3.8) is 0 Å². The number of benzene rings is 3. The summed E-state index contributed by atoms with van der Waals surface area (Å²) in [6, 6.07) is 22.2. The quantitative estimate of drug-likeness (QED) is 0.459. The molecule has 3 aromatic carbocycles. The van der Waals surface area contributed by atoms with Crippen LogP contribution in [0, 0.1) is 0 Å². The highest BCUT2D eigenvalue weighted by atomic mass is 16.3. The summed E-state index contributed by atoms with van der Waals surface area (Å²) in [5, 5.41) is 10.4. The monoisotopic (exact) mass is 449 g/mol. The van der Waals surface area contributed by atoms with Gasteiger partial charge in [0.1, 0.15) is 17.1 Å². The Bertz CT molecular complexity index is 1510. The van der Waals surface area contributed by atoms with Crippen LogP contribution >= 0.6 is 0 Å². The van der Waals surface area contributed by atoms with Crippen molar-refractivity contribution >= 4 is 28.5 Å². The Labute approximate surface area is 196 Å². The predicted octanol–water partition coefficient (Wildman–Crippen LogP) is 5.16. The van der Waals surface area contributed by atoms with Crippen LogP contribution in [0.2, 0.25) is 0 Å². The third-order valence-electron chi connectivity index (χ3n) is 6.81. The smallest absolute Gasteiger partial charge is 0.254 e. The third kappa shape index (κ3) is 3.24. The fraction of sp³-hybridized carbons (Fsp3) is 0.172. The molecule has 6 rings (SSSR count). The summed E-state index contributed by atoms with van der Waals surface area (Å²) in [5.74, 6) is 0.0640. The number of fused-ring (bicyclic) bond motifs is 3. The van der Waals surface area contributed by atoms with Crippen LogP contribution in [0.3, 0.4) is 0 Å². The maximum atomic E-state index is 13.7. The molecular formula is C29H23NO4. The van der Waals surface area contributed by atoms with Gasteiger partial charge in [-0.15, -0.1) is 0 Å². The molecule has 1 amide bonds. The number of nitrogens with zero attached hydrogens (tertiary/aromatic N) is 1. The molecule has 2 heterocycles. The van der Waals surface area contributed by atoms with Crippen molar-refractivity contribution in [3.05, 3.63) is 111 Å². The molecule has 168 valence electrons. The molecule has 2 aliphatic rings. The fourth-order valence-corrected chi connectivity index (χ4v) is 5.17. The van der Waals surface area contributed by atoms with E-state index in [1.54, 1.807) is 12.1 Å². The molecular weight excluding hydrogens is 426 g/mol. The molecule has 0 spiro atoms. The number of likely N-dealkylation sites (tertiary alicyclic amines) is 1. The normalized spacial score (nSPS) is 17.1. The van der Waals surface area contributed by atoms with Gasteiger partial charge in [0, 0.05) is 24.7 Å². The Morgan fingerprint density at radius 3 is 2.47 bits per heavy atom. The van der Waals surface area contributed by atoms with E-state index in [2.05, 4.69) is 0 Å². The van der Waals surface area contributed by atoms with Gasteiger partial charge < -0.3 is 14.4 Å². The molecule has 5 heteroatoms. The number of hydrogen-bond donors (Lipinski definition) is 1. The highest BCUT2D eigenvalue weighted by Crippen LogP contribution is 2.42. The molecule has 4 aromatic rings. The summed E-state index contributed by atoms with van der Waals surface area (Å²) in [6.45, 7) is 1.44. The zero-order valence-corrected chi connectivity index (χ0v) is 18.5. The Hall–Kier alpha value is -4.12. The van der Waals surface area contributed by atoms with Crippen molar-refractivity contribution in [2.24, 2.45) is 0 Å². The van der Waals surface area contributed by atoms with Gasteiger partial charge in [-0.25, -0.2) is 0 Å². The van der Waals surface area contributed by atoms with Crippen LogP contribution < -0.4 is 5.43 Å². The molecule has 1 aromatic heterocycles. The van der Waals surface area contributed by atoms with Crippen molar-refractivity contribution in [2.75, 3.05) is 13.1 Å². The molecule has 1 saturated heterocycles. The zero-order valence-electron chi connectivity index (χ0n) is 18.5. The average Bonchev–Trinajstić information content (AvgIpc) is 3.35. The van der Waals surface area contributed by atoms with E-state index >= 15 is 0 Å². The third-order valence-corrected chi connectivity index (χ3v) is 6.81. The van der Waals surface area contributed by atoms with Gasteiger partial charge in [-0.2, -0.15) is 0 Å². The number of carbonyl (C=O) groups excluding carboxylic acids is 1. The zero-order chi connectivity index (χ0) is 23.2. The molecule has 1 fully saturated rings. The summed E-state index contributed by atoms with van der Waals surface area (Å²) in [7, 11) is 0. The van der Waals surface area contributed by atoms with Crippen molar-refractivity contribution < 1.29 is 14.3 Å². The SMILES string of the molecule is O=C(C1=Cc2c(oc3cc(O)ccc3c2=O)C(c2ccccc2)c2ccccc21)N1CCCC1. The minimum Gasteiger partial charge on any atom is -0.508 e. The van der Waals surface area contributed by atoms with Crippen LogP contribution in [0.1, 0.15) is 46.8 Å². The Morgan fingerprint density at radius 1 is 0.941 bits per heavy atom. The molecule has 1 unspecified atom stereocenters. The van der Waals surface area contributed by atoms with Gasteiger partial charge in [0.2, 0.25) is 0 Å². The summed E-state index contributed by atoms with van der Waals surface area (Å²) in [4.78, 5) is 29.3. The molecule has 1 aliphatic heterocycles. The lowest BCUT2D eigenvalue weighted by atomic mass is 9.85. The van der Waals surface area contributed by atoms with E-state index in [0.717, 1.165) is 42.6 Å². The minimum absolute atomic E-state index is 0.0290. The molecule has 0 bridgehead atoms. The van der Waals surface area contributed by atoms with Gasteiger partial charge in [-0.3, -0.25) is 9.59 Å². The van der Waals surface area contributed by atoms with Crippen LogP contribution in [0.5, 0.6) is 5.75 Å². The maximum Gasteiger partial charge on any atom is 0.254 e. The van der Waals surface area contributed by atoms with Crippen LogP contribution in [0.15, 0.2) is 82.0 Å². The summed E-state index contributed by atoms with van der Waals surface area (Å²) < 4.78 is 6.37. The summed E-state index contributed by atoms with van der Waals surface area (Å²) >= 11 is 0. The van der Waals surface area contributed by atoms with E-state index < -0.39 is 0 Å². The van der Waals surface area contributed by atoms with Gasteiger partial charge in [0.15, 0.2) is 5.43 Å². The average molecular weight is 450 g/mol. The largest absolute Gasteiger partial charge is 0.508 e. The Balaban J connectivity index is 1.70. The van der Waals surface area contributed by atoms with Crippen LogP contribution in [0.4, 0.5) is 0 Å². The fourth-order valence-electron chi connectivity index (χ4n) is 5.17. The molecule has 34 heavy (non-hydrogen) atoms. The number of aromatic hydroxyl groups is 1. The second kappa shape index (κ2) is 8.03. The topological polar surface area (TPSA) is 70.7 Å². The number of rotatable bonds is 2. The van der Waals surface area contributed by atoms with Crippen LogP contribution in [-0.4, -0.2) is 29.0 Å². The first-order valence-corrected chi connectivity index (χ1v) is 11.6. The number of phenolic OH excluding ortho intramolecular Hbond substituents is 1. The van der Waals surface area contributed by atoms with Crippen LogP contribution in [0.25, 0.3) is 22.6 Å². The highest BCUT2D eigenvalue weighted by molar-refractivity contribution is 6.25. The minimum atomic E-state index is -0.382. The molecule has 1 aliphatic carbocycles. The Morgan fingerprint density at radius 2 is 1.68 bits per heavy atom.